The van der Waals surface area contributed by atoms with Crippen LogP contribution in [0.2, 0.25) is 5.02 Å². The van der Waals surface area contributed by atoms with Gasteiger partial charge >= 0.3 is 0 Å². The van der Waals surface area contributed by atoms with Crippen LogP contribution in [0.25, 0.3) is 11.0 Å². The second-order valence-electron chi connectivity index (χ2n) is 6.38. The highest BCUT2D eigenvalue weighted by molar-refractivity contribution is 9.10. The van der Waals surface area contributed by atoms with Gasteiger partial charge in [-0.25, -0.2) is 0 Å². The molecule has 0 spiro atoms. The zero-order chi connectivity index (χ0) is 21.1. The first-order chi connectivity index (χ1) is 14.5. The van der Waals surface area contributed by atoms with Gasteiger partial charge in [0.25, 0.3) is 5.91 Å². The number of phenolic OH excluding ortho intramolecular Hbond substituents is 1. The van der Waals surface area contributed by atoms with Crippen molar-refractivity contribution in [2.45, 2.75) is 0 Å². The van der Waals surface area contributed by atoms with Crippen LogP contribution in [-0.2, 0) is 0 Å². The Kier molecular flexibility index (Phi) is 5.74. The standard InChI is InChI=1S/C22H15BrClN3O3/c23-14-2-6-16(7-3-14)25-21(29)19-11-13-1-10-18(28)12-20(13)30-22(19)27-26-17-8-4-15(24)5-9-17/h1-12,26,28H,(H,25,29)/b27-22-. The highest BCUT2D eigenvalue weighted by Crippen LogP contribution is 2.20. The second kappa shape index (κ2) is 8.61. The molecule has 4 rings (SSSR count). The lowest BCUT2D eigenvalue weighted by molar-refractivity contribution is 0.102. The number of carbonyl (C=O) groups is 1. The number of phenols is 1. The highest BCUT2D eigenvalue weighted by Gasteiger charge is 2.13. The van der Waals surface area contributed by atoms with Gasteiger partial charge in [0.1, 0.15) is 16.9 Å². The summed E-state index contributed by atoms with van der Waals surface area (Å²) in [4.78, 5) is 12.9. The molecule has 3 N–H and O–H groups in total. The van der Waals surface area contributed by atoms with Crippen molar-refractivity contribution in [3.8, 4) is 5.75 Å². The third-order valence-electron chi connectivity index (χ3n) is 4.21. The summed E-state index contributed by atoms with van der Waals surface area (Å²) < 4.78 is 6.72. The van der Waals surface area contributed by atoms with Crippen molar-refractivity contribution in [3.05, 3.63) is 93.4 Å². The number of anilines is 2. The summed E-state index contributed by atoms with van der Waals surface area (Å²) >= 11 is 9.27. The molecule has 0 saturated heterocycles. The minimum Gasteiger partial charge on any atom is -0.508 e. The van der Waals surface area contributed by atoms with Gasteiger partial charge in [0, 0.05) is 26.6 Å². The van der Waals surface area contributed by atoms with Gasteiger partial charge in [0.05, 0.1) is 5.69 Å². The number of fused-ring (bicyclic) bond motifs is 1. The molecule has 8 heteroatoms. The fourth-order valence-electron chi connectivity index (χ4n) is 2.72. The molecule has 0 saturated carbocycles. The van der Waals surface area contributed by atoms with Crippen molar-refractivity contribution in [3.63, 3.8) is 0 Å². The van der Waals surface area contributed by atoms with Gasteiger partial charge in [-0.3, -0.25) is 10.2 Å². The summed E-state index contributed by atoms with van der Waals surface area (Å²) in [5.74, 6) is -0.331. The molecule has 1 amide bonds. The van der Waals surface area contributed by atoms with E-state index in [-0.39, 0.29) is 22.8 Å². The van der Waals surface area contributed by atoms with Gasteiger partial charge in [-0.15, -0.1) is 5.10 Å². The van der Waals surface area contributed by atoms with Crippen LogP contribution in [0, 0.1) is 0 Å². The van der Waals surface area contributed by atoms with E-state index in [2.05, 4.69) is 31.8 Å². The van der Waals surface area contributed by atoms with Crippen LogP contribution in [-0.4, -0.2) is 11.0 Å². The maximum atomic E-state index is 12.9. The Morgan fingerprint density at radius 2 is 1.67 bits per heavy atom. The third kappa shape index (κ3) is 4.64. The fourth-order valence-corrected chi connectivity index (χ4v) is 3.11. The number of amides is 1. The Bertz CT molecular complexity index is 1290. The lowest BCUT2D eigenvalue weighted by Gasteiger charge is -2.08. The quantitative estimate of drug-likeness (QED) is 0.323. The van der Waals surface area contributed by atoms with Crippen LogP contribution < -0.4 is 16.3 Å². The molecule has 0 aliphatic rings. The Balaban J connectivity index is 1.75. The molecule has 0 aliphatic heterocycles. The maximum Gasteiger partial charge on any atom is 0.261 e. The Morgan fingerprint density at radius 1 is 0.967 bits per heavy atom. The summed E-state index contributed by atoms with van der Waals surface area (Å²) in [7, 11) is 0. The van der Waals surface area contributed by atoms with E-state index in [1.54, 1.807) is 48.5 Å². The van der Waals surface area contributed by atoms with Crippen LogP contribution >= 0.6 is 27.5 Å². The zero-order valence-corrected chi connectivity index (χ0v) is 17.7. The first kappa shape index (κ1) is 20.0. The smallest absolute Gasteiger partial charge is 0.261 e. The molecule has 4 aromatic rings. The Morgan fingerprint density at radius 3 is 2.40 bits per heavy atom. The molecule has 30 heavy (non-hydrogen) atoms. The number of aromatic hydroxyl groups is 1. The number of hydrogen-bond donors (Lipinski definition) is 3. The number of hydrogen-bond acceptors (Lipinski definition) is 5. The molecule has 0 fully saturated rings. The van der Waals surface area contributed by atoms with Gasteiger partial charge < -0.3 is 14.8 Å². The number of nitrogens with zero attached hydrogens (tertiary/aromatic N) is 1. The maximum absolute atomic E-state index is 12.9. The van der Waals surface area contributed by atoms with Crippen molar-refractivity contribution in [1.29, 1.82) is 0 Å². The first-order valence-corrected chi connectivity index (χ1v) is 10.0. The molecule has 150 valence electrons. The Hall–Kier alpha value is -3.29. The highest BCUT2D eigenvalue weighted by atomic mass is 79.9. The van der Waals surface area contributed by atoms with Gasteiger partial charge in [-0.2, -0.15) is 0 Å². The molecule has 0 aliphatic carbocycles. The summed E-state index contributed by atoms with van der Waals surface area (Å²) in [6.45, 7) is 0. The number of rotatable bonds is 4. The minimum atomic E-state index is -0.382. The predicted octanol–water partition coefficient (Wildman–Crippen LogP) is 5.73. The second-order valence-corrected chi connectivity index (χ2v) is 7.73. The van der Waals surface area contributed by atoms with Crippen molar-refractivity contribution in [2.24, 2.45) is 5.10 Å². The number of nitrogens with one attached hydrogen (secondary N) is 2. The summed E-state index contributed by atoms with van der Waals surface area (Å²) in [6.07, 6.45) is 0. The number of benzene rings is 3. The van der Waals surface area contributed by atoms with Crippen molar-refractivity contribution >= 4 is 55.8 Å². The first-order valence-electron chi connectivity index (χ1n) is 8.87. The van der Waals surface area contributed by atoms with Crippen LogP contribution in [0.5, 0.6) is 5.75 Å². The Labute approximate surface area is 184 Å². The van der Waals surface area contributed by atoms with Crippen LogP contribution in [0.3, 0.4) is 0 Å². The van der Waals surface area contributed by atoms with Crippen LogP contribution in [0.15, 0.2) is 86.8 Å². The lowest BCUT2D eigenvalue weighted by Crippen LogP contribution is -2.22. The monoisotopic (exact) mass is 483 g/mol. The lowest BCUT2D eigenvalue weighted by atomic mass is 10.1. The van der Waals surface area contributed by atoms with Crippen molar-refractivity contribution < 1.29 is 14.3 Å². The van der Waals surface area contributed by atoms with Crippen molar-refractivity contribution in [1.82, 2.24) is 0 Å². The average molecular weight is 485 g/mol. The van der Waals surface area contributed by atoms with Crippen molar-refractivity contribution in [2.75, 3.05) is 10.7 Å². The van der Waals surface area contributed by atoms with E-state index in [4.69, 9.17) is 16.0 Å². The van der Waals surface area contributed by atoms with Crippen LogP contribution in [0.1, 0.15) is 10.4 Å². The molecular formula is C22H15BrClN3O3. The molecule has 0 atom stereocenters. The number of halogens is 2. The van der Waals surface area contributed by atoms with E-state index >= 15 is 0 Å². The molecule has 3 aromatic carbocycles. The van der Waals surface area contributed by atoms with Gasteiger partial charge in [0.2, 0.25) is 5.55 Å². The molecule has 0 bridgehead atoms. The minimum absolute atomic E-state index is 0.0509. The SMILES string of the molecule is O=C(Nc1ccc(Br)cc1)c1cc2ccc(O)cc2o/c1=N\Nc1ccc(Cl)cc1. The summed E-state index contributed by atoms with van der Waals surface area (Å²) in [5, 5.41) is 18.1. The van der Waals surface area contributed by atoms with Gasteiger partial charge in [-0.1, -0.05) is 27.5 Å². The van der Waals surface area contributed by atoms with E-state index < -0.39 is 0 Å². The molecular weight excluding hydrogens is 470 g/mol. The molecule has 1 aromatic heterocycles. The number of carbonyl (C=O) groups excluding carboxylic acids is 1. The van der Waals surface area contributed by atoms with E-state index in [1.807, 2.05) is 12.1 Å². The van der Waals surface area contributed by atoms with Gasteiger partial charge in [-0.05, 0) is 66.7 Å². The molecule has 6 nitrogen and oxygen atoms in total. The van der Waals surface area contributed by atoms with Crippen LogP contribution in [0.4, 0.5) is 11.4 Å². The van der Waals surface area contributed by atoms with E-state index in [0.717, 1.165) is 4.47 Å². The predicted molar refractivity (Wildman–Crippen MR) is 121 cm³/mol. The fraction of sp³-hybridized carbons (Fsp3) is 0. The third-order valence-corrected chi connectivity index (χ3v) is 4.99. The average Bonchev–Trinajstić information content (AvgIpc) is 2.74. The summed E-state index contributed by atoms with van der Waals surface area (Å²) in [5.41, 5.74) is 4.86. The molecule has 0 unspecified atom stereocenters. The molecule has 0 radical (unpaired) electrons. The van der Waals surface area contributed by atoms with E-state index in [0.29, 0.717) is 27.4 Å². The largest absolute Gasteiger partial charge is 0.508 e. The molecule has 1 heterocycles. The topological polar surface area (TPSA) is 86.9 Å². The zero-order valence-electron chi connectivity index (χ0n) is 15.4. The van der Waals surface area contributed by atoms with E-state index in [1.165, 1.54) is 12.1 Å². The van der Waals surface area contributed by atoms with Gasteiger partial charge in [0.15, 0.2) is 0 Å². The normalized spacial score (nSPS) is 11.5. The summed E-state index contributed by atoms with van der Waals surface area (Å²) in [6, 6.07) is 20.5. The van der Waals surface area contributed by atoms with E-state index in [9.17, 15) is 9.90 Å².